The normalized spacial score (nSPS) is 29.5. The van der Waals surface area contributed by atoms with Crippen LogP contribution in [0.25, 0.3) is 0 Å². The number of nitro groups is 1. The molecule has 9 heteroatoms. The molecule has 2 saturated carbocycles. The van der Waals surface area contributed by atoms with Gasteiger partial charge in [-0.1, -0.05) is 12.2 Å². The van der Waals surface area contributed by atoms with E-state index in [1.54, 1.807) is 0 Å². The Kier molecular flexibility index (Phi) is 4.70. The molecule has 1 heterocycles. The van der Waals surface area contributed by atoms with Crippen LogP contribution in [-0.4, -0.2) is 35.1 Å². The number of carbonyl (C=O) groups excluding carboxylic acids is 4. The van der Waals surface area contributed by atoms with Crippen molar-refractivity contribution in [3.8, 4) is 0 Å². The summed E-state index contributed by atoms with van der Waals surface area (Å²) in [4.78, 5) is 62.4. The highest BCUT2D eigenvalue weighted by Crippen LogP contribution is 2.65. The summed E-state index contributed by atoms with van der Waals surface area (Å²) in [5, 5.41) is 10.7. The molecule has 2 aromatic carbocycles. The largest absolute Gasteiger partial charge is 0.454 e. The van der Waals surface area contributed by atoms with Gasteiger partial charge < -0.3 is 4.74 Å². The molecule has 9 nitrogen and oxygen atoms in total. The minimum atomic E-state index is -0.734. The number of ether oxygens (including phenoxy) is 1. The number of rotatable bonds is 6. The average Bonchev–Trinajstić information content (AvgIpc) is 3.65. The van der Waals surface area contributed by atoms with Crippen LogP contribution in [0.1, 0.15) is 27.1 Å². The number of nitro benzene ring substituents is 1. The number of nitrogens with zero attached hydrogens (tertiary/aromatic N) is 2. The minimum absolute atomic E-state index is 0.138. The Labute approximate surface area is 199 Å². The van der Waals surface area contributed by atoms with Crippen molar-refractivity contribution >= 4 is 34.9 Å². The Balaban J connectivity index is 1.11. The summed E-state index contributed by atoms with van der Waals surface area (Å²) < 4.78 is 5.08. The average molecular weight is 472 g/mol. The van der Waals surface area contributed by atoms with Gasteiger partial charge in [0.15, 0.2) is 12.4 Å². The van der Waals surface area contributed by atoms with E-state index in [0.29, 0.717) is 17.5 Å². The van der Waals surface area contributed by atoms with Gasteiger partial charge in [-0.25, -0.2) is 4.79 Å². The summed E-state index contributed by atoms with van der Waals surface area (Å²) in [6.07, 6.45) is 5.33. The van der Waals surface area contributed by atoms with Crippen LogP contribution in [0.3, 0.4) is 0 Å². The number of hydrogen-bond donors (Lipinski definition) is 0. The van der Waals surface area contributed by atoms with Crippen LogP contribution in [0.4, 0.5) is 11.4 Å². The molecule has 0 aromatic heterocycles. The summed E-state index contributed by atoms with van der Waals surface area (Å²) in [5.74, 6) is -0.848. The van der Waals surface area contributed by atoms with Gasteiger partial charge in [0.1, 0.15) is 0 Å². The van der Waals surface area contributed by atoms with E-state index in [4.69, 9.17) is 4.74 Å². The van der Waals surface area contributed by atoms with Gasteiger partial charge in [0, 0.05) is 17.7 Å². The fourth-order valence-corrected chi connectivity index (χ4v) is 6.02. The molecule has 0 radical (unpaired) electrons. The van der Waals surface area contributed by atoms with E-state index in [1.165, 1.54) is 53.4 Å². The van der Waals surface area contributed by atoms with Gasteiger partial charge in [-0.15, -0.1) is 0 Å². The zero-order valence-electron chi connectivity index (χ0n) is 18.4. The third-order valence-corrected chi connectivity index (χ3v) is 7.76. The van der Waals surface area contributed by atoms with Crippen LogP contribution in [-0.2, 0) is 14.3 Å². The lowest BCUT2D eigenvalue weighted by Gasteiger charge is -2.37. The molecule has 176 valence electrons. The van der Waals surface area contributed by atoms with E-state index >= 15 is 0 Å². The first-order chi connectivity index (χ1) is 16.8. The number of carbonyl (C=O) groups is 4. The Morgan fingerprint density at radius 3 is 1.97 bits per heavy atom. The highest BCUT2D eigenvalue weighted by atomic mass is 16.6. The fourth-order valence-electron chi connectivity index (χ4n) is 6.02. The lowest BCUT2D eigenvalue weighted by Crippen LogP contribution is -2.40. The van der Waals surface area contributed by atoms with Gasteiger partial charge in [0.2, 0.25) is 11.8 Å². The molecule has 1 saturated heterocycles. The number of ketones is 1. The second kappa shape index (κ2) is 7.69. The van der Waals surface area contributed by atoms with Gasteiger partial charge in [-0.3, -0.25) is 29.4 Å². The molecule has 2 bridgehead atoms. The maximum absolute atomic E-state index is 13.2. The van der Waals surface area contributed by atoms with Crippen molar-refractivity contribution in [3.63, 3.8) is 0 Å². The smallest absolute Gasteiger partial charge is 0.338 e. The van der Waals surface area contributed by atoms with Crippen molar-refractivity contribution in [2.75, 3.05) is 11.5 Å². The van der Waals surface area contributed by atoms with Gasteiger partial charge in [0.25, 0.3) is 5.69 Å². The Morgan fingerprint density at radius 2 is 1.43 bits per heavy atom. The van der Waals surface area contributed by atoms with Gasteiger partial charge >= 0.3 is 5.97 Å². The van der Waals surface area contributed by atoms with E-state index in [0.717, 1.165) is 6.42 Å². The molecule has 0 spiro atoms. The molecule has 1 aliphatic heterocycles. The topological polar surface area (TPSA) is 124 Å². The molecule has 3 fully saturated rings. The summed E-state index contributed by atoms with van der Waals surface area (Å²) >= 11 is 0. The van der Waals surface area contributed by atoms with E-state index in [1.807, 2.05) is 0 Å². The number of non-ortho nitro benzene ring substituents is 1. The van der Waals surface area contributed by atoms with Crippen molar-refractivity contribution in [1.29, 1.82) is 0 Å². The van der Waals surface area contributed by atoms with Gasteiger partial charge in [0.05, 0.1) is 28.0 Å². The lowest BCUT2D eigenvalue weighted by atomic mass is 9.63. The number of anilines is 1. The monoisotopic (exact) mass is 472 g/mol. The van der Waals surface area contributed by atoms with E-state index in [-0.39, 0.29) is 52.3 Å². The SMILES string of the molecule is O=C(COC(=O)c1ccc(N2C(=O)[C@H]3[C@@H]4C=C[C@@H]([C@H]5C[C@H]45)[C@@H]3C2=O)cc1)c1ccc([N+](=O)[O-])cc1. The number of imide groups is 1. The number of Topliss-reactive ketones (excluding diaryl/α,β-unsaturated/α-hetero) is 1. The Bertz CT molecular complexity index is 1280. The molecular weight excluding hydrogens is 452 g/mol. The molecule has 5 aliphatic rings. The number of hydrogen-bond acceptors (Lipinski definition) is 7. The maximum atomic E-state index is 13.2. The molecule has 7 rings (SSSR count). The van der Waals surface area contributed by atoms with Crippen molar-refractivity contribution < 1.29 is 28.8 Å². The second-order valence-corrected chi connectivity index (χ2v) is 9.52. The number of esters is 1. The van der Waals surface area contributed by atoms with Crippen LogP contribution in [0.5, 0.6) is 0 Å². The third kappa shape index (κ3) is 3.30. The summed E-state index contributed by atoms with van der Waals surface area (Å²) in [6.45, 7) is -0.525. The van der Waals surface area contributed by atoms with Gasteiger partial charge in [-0.2, -0.15) is 0 Å². The maximum Gasteiger partial charge on any atom is 0.338 e. The summed E-state index contributed by atoms with van der Waals surface area (Å²) in [5.41, 5.74) is 0.631. The van der Waals surface area contributed by atoms with Crippen molar-refractivity contribution in [2.24, 2.45) is 35.5 Å². The predicted molar refractivity (Wildman–Crippen MR) is 121 cm³/mol. The number of allylic oxidation sites excluding steroid dienone is 2. The second-order valence-electron chi connectivity index (χ2n) is 9.52. The van der Waals surface area contributed by atoms with Crippen LogP contribution < -0.4 is 4.90 Å². The quantitative estimate of drug-likeness (QED) is 0.158. The number of amides is 2. The van der Waals surface area contributed by atoms with E-state index < -0.39 is 23.3 Å². The van der Waals surface area contributed by atoms with Crippen molar-refractivity contribution in [1.82, 2.24) is 0 Å². The third-order valence-electron chi connectivity index (χ3n) is 7.76. The zero-order valence-corrected chi connectivity index (χ0v) is 18.4. The molecule has 35 heavy (non-hydrogen) atoms. The fraction of sp³-hybridized carbons (Fsp3) is 0.308. The molecule has 4 aliphatic carbocycles. The van der Waals surface area contributed by atoms with Crippen LogP contribution in [0.15, 0.2) is 60.7 Å². The van der Waals surface area contributed by atoms with Gasteiger partial charge in [-0.05, 0) is 66.5 Å². The summed E-state index contributed by atoms with van der Waals surface area (Å²) in [6, 6.07) is 11.0. The van der Waals surface area contributed by atoms with Crippen LogP contribution in [0, 0.1) is 45.6 Å². The molecule has 0 N–H and O–H groups in total. The summed E-state index contributed by atoms with van der Waals surface area (Å²) in [7, 11) is 0. The first-order valence-electron chi connectivity index (χ1n) is 11.5. The van der Waals surface area contributed by atoms with E-state index in [9.17, 15) is 29.3 Å². The Hall–Kier alpha value is -4.14. The van der Waals surface area contributed by atoms with Crippen molar-refractivity contribution in [2.45, 2.75) is 6.42 Å². The lowest BCUT2D eigenvalue weighted by molar-refractivity contribution is -0.384. The highest BCUT2D eigenvalue weighted by molar-refractivity contribution is 6.22. The van der Waals surface area contributed by atoms with Crippen molar-refractivity contribution in [3.05, 3.63) is 81.9 Å². The first kappa shape index (κ1) is 21.4. The Morgan fingerprint density at radius 1 is 0.886 bits per heavy atom. The standard InChI is InChI=1S/C26H20N2O7/c29-21(13-1-7-16(8-2-13)28(33)34)12-35-26(32)14-3-5-15(6-4-14)27-24(30)22-17-9-10-18(20-11-19(17)20)23(22)25(27)31/h1-10,17-20,22-23H,11-12H2/t17-,18+,19-,20-,22+,23+/m1/s1. The zero-order chi connectivity index (χ0) is 24.4. The molecule has 6 atom stereocenters. The molecular formula is C26H20N2O7. The minimum Gasteiger partial charge on any atom is -0.454 e. The van der Waals surface area contributed by atoms with Crippen LogP contribution in [0.2, 0.25) is 0 Å². The number of benzene rings is 2. The highest BCUT2D eigenvalue weighted by Gasteiger charge is 2.67. The first-order valence-corrected chi connectivity index (χ1v) is 11.5. The van der Waals surface area contributed by atoms with Crippen LogP contribution >= 0.6 is 0 Å². The predicted octanol–water partition coefficient (Wildman–Crippen LogP) is 3.19. The molecule has 2 amide bonds. The molecule has 2 aromatic rings. The molecule has 0 unspecified atom stereocenters. The van der Waals surface area contributed by atoms with E-state index in [2.05, 4.69) is 12.2 Å².